The molecular weight excluding hydrogens is 298 g/mol. The molecule has 116 valence electrons. The van der Waals surface area contributed by atoms with Crippen molar-refractivity contribution in [1.29, 1.82) is 0 Å². The Morgan fingerprint density at radius 1 is 1.09 bits per heavy atom. The summed E-state index contributed by atoms with van der Waals surface area (Å²) in [7, 11) is 2.14. The maximum atomic E-state index is 6.15. The normalized spacial score (nSPS) is 15.8. The molecule has 1 saturated heterocycles. The minimum Gasteiger partial charge on any atom is -0.489 e. The molecule has 1 aromatic heterocycles. The SMILES string of the molecule is CN1CCN(c2cc(OCc3ccccc3)cc(Cl)n2)CC1. The number of nitrogens with zero attached hydrogens (tertiary/aromatic N) is 3. The van der Waals surface area contributed by atoms with Gasteiger partial charge < -0.3 is 14.5 Å². The van der Waals surface area contributed by atoms with E-state index in [0.717, 1.165) is 43.3 Å². The third-order valence-electron chi connectivity index (χ3n) is 3.83. The van der Waals surface area contributed by atoms with Crippen molar-refractivity contribution in [3.63, 3.8) is 0 Å². The summed E-state index contributed by atoms with van der Waals surface area (Å²) in [6, 6.07) is 13.8. The predicted molar refractivity (Wildman–Crippen MR) is 89.7 cm³/mol. The van der Waals surface area contributed by atoms with E-state index in [2.05, 4.69) is 21.8 Å². The second kappa shape index (κ2) is 6.99. The summed E-state index contributed by atoms with van der Waals surface area (Å²) < 4.78 is 5.86. The van der Waals surface area contributed by atoms with Crippen molar-refractivity contribution < 1.29 is 4.74 Å². The number of rotatable bonds is 4. The number of pyridine rings is 1. The molecule has 0 saturated carbocycles. The molecule has 3 rings (SSSR count). The number of hydrogen-bond donors (Lipinski definition) is 0. The Kier molecular flexibility index (Phi) is 4.80. The van der Waals surface area contributed by atoms with E-state index < -0.39 is 0 Å². The first-order valence-corrected chi connectivity index (χ1v) is 7.86. The number of hydrogen-bond acceptors (Lipinski definition) is 4. The van der Waals surface area contributed by atoms with Gasteiger partial charge in [0.1, 0.15) is 23.3 Å². The minimum absolute atomic E-state index is 0.472. The van der Waals surface area contributed by atoms with Crippen LogP contribution in [-0.2, 0) is 6.61 Å². The molecule has 0 amide bonds. The van der Waals surface area contributed by atoms with Crippen molar-refractivity contribution in [2.24, 2.45) is 0 Å². The van der Waals surface area contributed by atoms with Gasteiger partial charge in [-0.05, 0) is 12.6 Å². The number of aromatic nitrogens is 1. The van der Waals surface area contributed by atoms with Crippen LogP contribution in [0, 0.1) is 0 Å². The van der Waals surface area contributed by atoms with Crippen LogP contribution in [0.5, 0.6) is 5.75 Å². The van der Waals surface area contributed by atoms with E-state index in [0.29, 0.717) is 11.8 Å². The lowest BCUT2D eigenvalue weighted by Gasteiger charge is -2.33. The zero-order valence-corrected chi connectivity index (χ0v) is 13.5. The number of likely N-dealkylation sites (N-methyl/N-ethyl adjacent to an activating group) is 1. The summed E-state index contributed by atoms with van der Waals surface area (Å²) in [6.07, 6.45) is 0. The van der Waals surface area contributed by atoms with Crippen molar-refractivity contribution in [3.8, 4) is 5.75 Å². The van der Waals surface area contributed by atoms with Gasteiger partial charge in [-0.1, -0.05) is 41.9 Å². The molecule has 2 heterocycles. The molecule has 0 unspecified atom stereocenters. The first-order valence-electron chi connectivity index (χ1n) is 7.48. The highest BCUT2D eigenvalue weighted by Gasteiger charge is 2.16. The van der Waals surface area contributed by atoms with Crippen molar-refractivity contribution >= 4 is 17.4 Å². The van der Waals surface area contributed by atoms with E-state index in [4.69, 9.17) is 16.3 Å². The van der Waals surface area contributed by atoms with Crippen LogP contribution >= 0.6 is 11.6 Å². The third kappa shape index (κ3) is 3.90. The lowest BCUT2D eigenvalue weighted by Crippen LogP contribution is -2.44. The van der Waals surface area contributed by atoms with Crippen LogP contribution in [0.25, 0.3) is 0 Å². The van der Waals surface area contributed by atoms with E-state index in [1.165, 1.54) is 0 Å². The molecule has 1 fully saturated rings. The van der Waals surface area contributed by atoms with Gasteiger partial charge in [-0.3, -0.25) is 0 Å². The Bertz CT molecular complexity index is 613. The molecule has 1 aliphatic heterocycles. The van der Waals surface area contributed by atoms with Gasteiger partial charge in [0.05, 0.1) is 0 Å². The molecular formula is C17H20ClN3O. The van der Waals surface area contributed by atoms with Crippen molar-refractivity contribution in [2.75, 3.05) is 38.1 Å². The molecule has 0 bridgehead atoms. The van der Waals surface area contributed by atoms with E-state index in [1.807, 2.05) is 36.4 Å². The molecule has 22 heavy (non-hydrogen) atoms. The molecule has 0 radical (unpaired) electrons. The van der Waals surface area contributed by atoms with Crippen LogP contribution in [0.3, 0.4) is 0 Å². The monoisotopic (exact) mass is 317 g/mol. The smallest absolute Gasteiger partial charge is 0.135 e. The summed E-state index contributed by atoms with van der Waals surface area (Å²) in [4.78, 5) is 8.99. The molecule has 0 atom stereocenters. The number of piperazine rings is 1. The molecule has 0 aliphatic carbocycles. The topological polar surface area (TPSA) is 28.6 Å². The average Bonchev–Trinajstić information content (AvgIpc) is 2.54. The maximum absolute atomic E-state index is 6.15. The van der Waals surface area contributed by atoms with E-state index in [1.54, 1.807) is 6.07 Å². The van der Waals surface area contributed by atoms with Crippen LogP contribution in [-0.4, -0.2) is 43.1 Å². The summed E-state index contributed by atoms with van der Waals surface area (Å²) in [5.41, 5.74) is 1.14. The number of ether oxygens (including phenoxy) is 1. The van der Waals surface area contributed by atoms with Crippen LogP contribution in [0.15, 0.2) is 42.5 Å². The van der Waals surface area contributed by atoms with E-state index >= 15 is 0 Å². The zero-order chi connectivity index (χ0) is 15.4. The fourth-order valence-electron chi connectivity index (χ4n) is 2.48. The molecule has 0 N–H and O–H groups in total. The lowest BCUT2D eigenvalue weighted by atomic mass is 10.2. The third-order valence-corrected chi connectivity index (χ3v) is 4.02. The van der Waals surface area contributed by atoms with Crippen molar-refractivity contribution in [1.82, 2.24) is 9.88 Å². The van der Waals surface area contributed by atoms with Gasteiger partial charge in [-0.15, -0.1) is 0 Å². The molecule has 2 aromatic rings. The summed E-state index contributed by atoms with van der Waals surface area (Å²) in [6.45, 7) is 4.52. The summed E-state index contributed by atoms with van der Waals surface area (Å²) >= 11 is 6.15. The lowest BCUT2D eigenvalue weighted by molar-refractivity contribution is 0.303. The Balaban J connectivity index is 1.70. The van der Waals surface area contributed by atoms with Gasteiger partial charge in [0.2, 0.25) is 0 Å². The highest BCUT2D eigenvalue weighted by molar-refractivity contribution is 6.29. The standard InChI is InChI=1S/C17H20ClN3O/c1-20-7-9-21(10-8-20)17-12-15(11-16(18)19-17)22-13-14-5-3-2-4-6-14/h2-6,11-12H,7-10,13H2,1H3. The molecule has 1 aromatic carbocycles. The molecule has 4 nitrogen and oxygen atoms in total. The average molecular weight is 318 g/mol. The Hall–Kier alpha value is -1.78. The first-order chi connectivity index (χ1) is 10.7. The maximum Gasteiger partial charge on any atom is 0.135 e. The van der Waals surface area contributed by atoms with Gasteiger partial charge >= 0.3 is 0 Å². The quantitative estimate of drug-likeness (QED) is 0.810. The first kappa shape index (κ1) is 15.1. The molecule has 1 aliphatic rings. The number of anilines is 1. The fourth-order valence-corrected chi connectivity index (χ4v) is 2.68. The van der Waals surface area contributed by atoms with Gasteiger partial charge in [0.25, 0.3) is 0 Å². The molecule has 0 spiro atoms. The largest absolute Gasteiger partial charge is 0.489 e. The Morgan fingerprint density at radius 3 is 2.55 bits per heavy atom. The van der Waals surface area contributed by atoms with Crippen molar-refractivity contribution in [3.05, 3.63) is 53.2 Å². The van der Waals surface area contributed by atoms with Gasteiger partial charge in [-0.2, -0.15) is 0 Å². The van der Waals surface area contributed by atoms with E-state index in [9.17, 15) is 0 Å². The number of halogens is 1. The summed E-state index contributed by atoms with van der Waals surface area (Å²) in [5.74, 6) is 1.65. The van der Waals surface area contributed by atoms with Crippen molar-refractivity contribution in [2.45, 2.75) is 6.61 Å². The highest BCUT2D eigenvalue weighted by Crippen LogP contribution is 2.25. The van der Waals surface area contributed by atoms with Gasteiger partial charge in [0, 0.05) is 38.3 Å². The van der Waals surface area contributed by atoms with Crippen LogP contribution in [0.2, 0.25) is 5.15 Å². The zero-order valence-electron chi connectivity index (χ0n) is 12.7. The Labute approximate surface area is 136 Å². The van der Waals surface area contributed by atoms with Gasteiger partial charge in [0.15, 0.2) is 0 Å². The second-order valence-corrected chi connectivity index (χ2v) is 5.94. The minimum atomic E-state index is 0.472. The number of benzene rings is 1. The van der Waals surface area contributed by atoms with Crippen LogP contribution in [0.4, 0.5) is 5.82 Å². The Morgan fingerprint density at radius 2 is 1.82 bits per heavy atom. The second-order valence-electron chi connectivity index (χ2n) is 5.55. The fraction of sp³-hybridized carbons (Fsp3) is 0.353. The van der Waals surface area contributed by atoms with E-state index in [-0.39, 0.29) is 0 Å². The highest BCUT2D eigenvalue weighted by atomic mass is 35.5. The molecule has 5 heteroatoms. The van der Waals surface area contributed by atoms with Crippen LogP contribution < -0.4 is 9.64 Å². The summed E-state index contributed by atoms with van der Waals surface area (Å²) in [5, 5.41) is 0.472. The predicted octanol–water partition coefficient (Wildman–Crippen LogP) is 3.07. The van der Waals surface area contributed by atoms with Gasteiger partial charge in [-0.25, -0.2) is 4.98 Å². The van der Waals surface area contributed by atoms with Crippen LogP contribution in [0.1, 0.15) is 5.56 Å².